The maximum absolute atomic E-state index is 2.29. The molecule has 0 spiro atoms. The first-order chi connectivity index (χ1) is 10.9. The Labute approximate surface area is 137 Å². The zero-order valence-corrected chi connectivity index (χ0v) is 14.5. The van der Waals surface area contributed by atoms with Crippen molar-refractivity contribution in [1.82, 2.24) is 0 Å². The van der Waals surface area contributed by atoms with Crippen LogP contribution in [0.3, 0.4) is 0 Å². The summed E-state index contributed by atoms with van der Waals surface area (Å²) >= 11 is 0. The highest BCUT2D eigenvalue weighted by molar-refractivity contribution is 6.53. The first kappa shape index (κ1) is 15.0. The molecule has 0 aliphatic carbocycles. The topological polar surface area (TPSA) is 0 Å². The van der Waals surface area contributed by atoms with Gasteiger partial charge in [-0.2, -0.15) is 0 Å². The molecule has 0 saturated carbocycles. The molecule has 3 aromatic rings. The molecule has 0 nitrogen and oxygen atoms in total. The van der Waals surface area contributed by atoms with Crippen molar-refractivity contribution in [3.8, 4) is 0 Å². The lowest BCUT2D eigenvalue weighted by molar-refractivity contribution is 1.32. The van der Waals surface area contributed by atoms with E-state index in [4.69, 9.17) is 0 Å². The first-order valence-electron chi connectivity index (χ1n) is 7.56. The molecule has 22 heavy (non-hydrogen) atoms. The molecule has 0 amide bonds. The quantitative estimate of drug-likeness (QED) is 0.614. The molecule has 106 valence electrons. The van der Waals surface area contributed by atoms with Crippen LogP contribution >= 0.6 is 0 Å². The van der Waals surface area contributed by atoms with E-state index in [-0.39, 0.29) is 0 Å². The molecule has 2 heteroatoms. The summed E-state index contributed by atoms with van der Waals surface area (Å²) in [4.78, 5) is 0. The van der Waals surface area contributed by atoms with Crippen LogP contribution in [-0.2, 0) is 12.1 Å². The average Bonchev–Trinajstić information content (AvgIpc) is 2.61. The van der Waals surface area contributed by atoms with Crippen LogP contribution in [0.15, 0.2) is 84.9 Å². The van der Waals surface area contributed by atoms with E-state index in [1.807, 2.05) is 0 Å². The summed E-state index contributed by atoms with van der Waals surface area (Å²) in [5.74, 6) is 0. The lowest BCUT2D eigenvalue weighted by Crippen LogP contribution is -2.16. The lowest BCUT2D eigenvalue weighted by Gasteiger charge is -2.04. The van der Waals surface area contributed by atoms with E-state index in [0.29, 0.717) is 0 Å². The van der Waals surface area contributed by atoms with E-state index < -0.39 is 0 Å². The normalized spacial score (nSPS) is 10.5. The predicted octanol–water partition coefficient (Wildman–Crippen LogP) is 2.75. The van der Waals surface area contributed by atoms with Gasteiger partial charge in [0.2, 0.25) is 0 Å². The van der Waals surface area contributed by atoms with E-state index >= 15 is 0 Å². The van der Waals surface area contributed by atoms with Crippen molar-refractivity contribution in [3.05, 3.63) is 96.1 Å². The van der Waals surface area contributed by atoms with Crippen molar-refractivity contribution < 1.29 is 0 Å². The standard InChI is InChI=1S/C20H18Si2/c1-3-7-19(8-4-1)21-15-17-11-13-18(14-12-17)16-22-20-9-5-2-6-10-20/h1-14H,15-16H2. The van der Waals surface area contributed by atoms with Crippen molar-refractivity contribution in [3.63, 3.8) is 0 Å². The summed E-state index contributed by atoms with van der Waals surface area (Å²) in [5, 5.41) is 2.88. The number of hydrogen-bond acceptors (Lipinski definition) is 0. The smallest absolute Gasteiger partial charge is 0.0639 e. The fraction of sp³-hybridized carbons (Fsp3) is 0.100. The van der Waals surface area contributed by atoms with Crippen molar-refractivity contribution >= 4 is 29.4 Å². The third-order valence-electron chi connectivity index (χ3n) is 3.56. The fourth-order valence-corrected chi connectivity index (χ4v) is 4.44. The van der Waals surface area contributed by atoms with Gasteiger partial charge < -0.3 is 0 Å². The van der Waals surface area contributed by atoms with E-state index in [2.05, 4.69) is 84.9 Å². The highest BCUT2D eigenvalue weighted by atomic mass is 28.2. The van der Waals surface area contributed by atoms with Crippen LogP contribution in [0.4, 0.5) is 0 Å². The Morgan fingerprint density at radius 2 is 0.818 bits per heavy atom. The Hall–Kier alpha value is -1.91. The molecular formula is C20H18Si2. The largest absolute Gasteiger partial charge is 0.0855 e. The molecule has 3 rings (SSSR count). The minimum absolute atomic E-state index is 0.859. The summed E-state index contributed by atoms with van der Waals surface area (Å²) < 4.78 is 0. The molecule has 0 N–H and O–H groups in total. The zero-order chi connectivity index (χ0) is 15.0. The Balaban J connectivity index is 1.52. The van der Waals surface area contributed by atoms with Crippen LogP contribution in [0, 0.1) is 0 Å². The van der Waals surface area contributed by atoms with Gasteiger partial charge in [0.1, 0.15) is 0 Å². The monoisotopic (exact) mass is 314 g/mol. The number of hydrogen-bond donors (Lipinski definition) is 0. The maximum Gasteiger partial charge on any atom is 0.0855 e. The van der Waals surface area contributed by atoms with Gasteiger partial charge in [0.15, 0.2) is 0 Å². The molecule has 0 unspecified atom stereocenters. The van der Waals surface area contributed by atoms with Crippen molar-refractivity contribution in [2.75, 3.05) is 0 Å². The van der Waals surface area contributed by atoms with Gasteiger partial charge in [-0.3, -0.25) is 0 Å². The van der Waals surface area contributed by atoms with Gasteiger partial charge in [0.05, 0.1) is 19.0 Å². The maximum atomic E-state index is 2.29. The van der Waals surface area contributed by atoms with Gasteiger partial charge in [0, 0.05) is 0 Å². The molecule has 0 fully saturated rings. The molecule has 0 atom stereocenters. The van der Waals surface area contributed by atoms with Crippen molar-refractivity contribution in [2.24, 2.45) is 0 Å². The number of rotatable bonds is 6. The van der Waals surface area contributed by atoms with Gasteiger partial charge >= 0.3 is 0 Å². The third-order valence-corrected chi connectivity index (χ3v) is 6.22. The Morgan fingerprint density at radius 3 is 1.18 bits per heavy atom. The molecule has 0 bridgehead atoms. The SMILES string of the molecule is c1ccc([Si]Cc2ccc(C[Si]c3ccccc3)cc2)cc1. The Kier molecular flexibility index (Phi) is 5.40. The molecule has 0 aromatic heterocycles. The molecule has 0 heterocycles. The molecular weight excluding hydrogens is 296 g/mol. The molecule has 0 aliphatic heterocycles. The van der Waals surface area contributed by atoms with Crippen LogP contribution in [0.5, 0.6) is 0 Å². The van der Waals surface area contributed by atoms with Gasteiger partial charge in [-0.05, 0) is 12.1 Å². The van der Waals surface area contributed by atoms with E-state index in [0.717, 1.165) is 31.1 Å². The summed E-state index contributed by atoms with van der Waals surface area (Å²) in [6.45, 7) is 0. The minimum atomic E-state index is 0.859. The summed E-state index contributed by atoms with van der Waals surface area (Å²) in [5.41, 5.74) is 2.88. The van der Waals surface area contributed by atoms with E-state index in [9.17, 15) is 0 Å². The summed E-state index contributed by atoms with van der Waals surface area (Å²) in [6, 6.07) is 33.0. The highest BCUT2D eigenvalue weighted by Gasteiger charge is 1.99. The van der Waals surface area contributed by atoms with Crippen molar-refractivity contribution in [1.29, 1.82) is 0 Å². The molecule has 0 saturated heterocycles. The molecule has 0 aliphatic rings. The predicted molar refractivity (Wildman–Crippen MR) is 97.5 cm³/mol. The first-order valence-corrected chi connectivity index (χ1v) is 9.97. The average molecular weight is 315 g/mol. The Bertz CT molecular complexity index is 613. The van der Waals surface area contributed by atoms with Crippen molar-refractivity contribution in [2.45, 2.75) is 12.1 Å². The van der Waals surface area contributed by atoms with Crippen LogP contribution in [0.1, 0.15) is 11.1 Å². The van der Waals surface area contributed by atoms with Gasteiger partial charge in [-0.15, -0.1) is 0 Å². The zero-order valence-electron chi connectivity index (χ0n) is 12.5. The second kappa shape index (κ2) is 7.92. The second-order valence-corrected chi connectivity index (χ2v) is 7.82. The molecule has 3 aromatic carbocycles. The molecule has 4 radical (unpaired) electrons. The number of benzene rings is 3. The lowest BCUT2D eigenvalue weighted by atomic mass is 10.2. The van der Waals surface area contributed by atoms with Gasteiger partial charge in [-0.25, -0.2) is 0 Å². The van der Waals surface area contributed by atoms with Crippen LogP contribution in [-0.4, -0.2) is 19.0 Å². The summed E-state index contributed by atoms with van der Waals surface area (Å²) in [7, 11) is 1.72. The summed E-state index contributed by atoms with van der Waals surface area (Å²) in [6.07, 6.45) is 0. The second-order valence-electron chi connectivity index (χ2n) is 5.26. The highest BCUT2D eigenvalue weighted by Crippen LogP contribution is 2.05. The van der Waals surface area contributed by atoms with E-state index in [1.165, 1.54) is 21.5 Å². The van der Waals surface area contributed by atoms with Crippen LogP contribution < -0.4 is 10.4 Å². The van der Waals surface area contributed by atoms with Gasteiger partial charge in [-0.1, -0.05) is 106 Å². The van der Waals surface area contributed by atoms with Gasteiger partial charge in [0.25, 0.3) is 0 Å². The fourth-order valence-electron chi connectivity index (χ4n) is 2.30. The minimum Gasteiger partial charge on any atom is -0.0639 e. The Morgan fingerprint density at radius 1 is 0.455 bits per heavy atom. The van der Waals surface area contributed by atoms with Crippen LogP contribution in [0.25, 0.3) is 0 Å². The third kappa shape index (κ3) is 4.55. The van der Waals surface area contributed by atoms with Crippen LogP contribution in [0.2, 0.25) is 0 Å². The van der Waals surface area contributed by atoms with E-state index in [1.54, 1.807) is 0 Å².